The summed E-state index contributed by atoms with van der Waals surface area (Å²) in [5.74, 6) is 0.800. The van der Waals surface area contributed by atoms with Gasteiger partial charge in [-0.25, -0.2) is 9.67 Å². The van der Waals surface area contributed by atoms with Gasteiger partial charge in [0, 0.05) is 19.3 Å². The van der Waals surface area contributed by atoms with Crippen molar-refractivity contribution in [3.8, 4) is 5.88 Å². The van der Waals surface area contributed by atoms with E-state index < -0.39 is 0 Å². The average Bonchev–Trinajstić information content (AvgIpc) is 2.99. The standard InChI is InChI=1S/C14H16N4OS/c1-9-11(14(19-3)18(2)17-9)7-15-10-4-5-12-13(6-10)20-8-16-12/h4-6,8,15H,7H2,1-3H3. The van der Waals surface area contributed by atoms with Crippen LogP contribution in [0, 0.1) is 6.92 Å². The van der Waals surface area contributed by atoms with E-state index in [0.717, 1.165) is 28.3 Å². The summed E-state index contributed by atoms with van der Waals surface area (Å²) < 4.78 is 8.34. The molecule has 0 aliphatic heterocycles. The van der Waals surface area contributed by atoms with Crippen LogP contribution >= 0.6 is 11.3 Å². The summed E-state index contributed by atoms with van der Waals surface area (Å²) >= 11 is 1.65. The molecule has 0 amide bonds. The van der Waals surface area contributed by atoms with Crippen molar-refractivity contribution in [1.82, 2.24) is 14.8 Å². The molecule has 0 unspecified atom stereocenters. The highest BCUT2D eigenvalue weighted by molar-refractivity contribution is 7.16. The highest BCUT2D eigenvalue weighted by atomic mass is 32.1. The van der Waals surface area contributed by atoms with E-state index in [9.17, 15) is 0 Å². The maximum absolute atomic E-state index is 5.40. The normalized spacial score (nSPS) is 10.9. The Morgan fingerprint density at radius 1 is 1.40 bits per heavy atom. The smallest absolute Gasteiger partial charge is 0.216 e. The Morgan fingerprint density at radius 3 is 3.05 bits per heavy atom. The van der Waals surface area contributed by atoms with E-state index in [4.69, 9.17) is 4.74 Å². The van der Waals surface area contributed by atoms with Crippen LogP contribution in [0.3, 0.4) is 0 Å². The Kier molecular flexibility index (Phi) is 3.31. The lowest BCUT2D eigenvalue weighted by Crippen LogP contribution is -2.02. The van der Waals surface area contributed by atoms with Crippen LogP contribution in [0.4, 0.5) is 5.69 Å². The van der Waals surface area contributed by atoms with Crippen molar-refractivity contribution in [3.05, 3.63) is 35.0 Å². The predicted octanol–water partition coefficient (Wildman–Crippen LogP) is 2.96. The van der Waals surface area contributed by atoms with Crippen molar-refractivity contribution in [1.29, 1.82) is 0 Å². The van der Waals surface area contributed by atoms with E-state index >= 15 is 0 Å². The van der Waals surface area contributed by atoms with Gasteiger partial charge in [-0.15, -0.1) is 11.3 Å². The van der Waals surface area contributed by atoms with Crippen molar-refractivity contribution in [2.45, 2.75) is 13.5 Å². The number of rotatable bonds is 4. The van der Waals surface area contributed by atoms with Crippen LogP contribution in [-0.2, 0) is 13.6 Å². The van der Waals surface area contributed by atoms with Gasteiger partial charge in [-0.2, -0.15) is 5.10 Å². The molecule has 20 heavy (non-hydrogen) atoms. The Bertz CT molecular complexity index is 747. The van der Waals surface area contributed by atoms with Crippen molar-refractivity contribution in [2.24, 2.45) is 7.05 Å². The number of fused-ring (bicyclic) bond motifs is 1. The summed E-state index contributed by atoms with van der Waals surface area (Å²) in [6.07, 6.45) is 0. The third-order valence-electron chi connectivity index (χ3n) is 3.28. The topological polar surface area (TPSA) is 52.0 Å². The second-order valence-electron chi connectivity index (χ2n) is 4.59. The van der Waals surface area contributed by atoms with Crippen LogP contribution in [0.25, 0.3) is 10.2 Å². The summed E-state index contributed by atoms with van der Waals surface area (Å²) in [4.78, 5) is 4.28. The average molecular weight is 288 g/mol. The molecule has 3 rings (SSSR count). The molecule has 0 radical (unpaired) electrons. The van der Waals surface area contributed by atoms with Gasteiger partial charge >= 0.3 is 0 Å². The second kappa shape index (κ2) is 5.13. The number of nitrogens with zero attached hydrogens (tertiary/aromatic N) is 3. The first-order chi connectivity index (χ1) is 9.69. The molecule has 0 spiro atoms. The number of methoxy groups -OCH3 is 1. The van der Waals surface area contributed by atoms with Gasteiger partial charge in [-0.1, -0.05) is 0 Å². The zero-order valence-electron chi connectivity index (χ0n) is 11.7. The summed E-state index contributed by atoms with van der Waals surface area (Å²) in [5.41, 5.74) is 6.04. The fourth-order valence-electron chi connectivity index (χ4n) is 2.30. The number of thiazole rings is 1. The predicted molar refractivity (Wildman–Crippen MR) is 81.4 cm³/mol. The molecule has 6 heteroatoms. The van der Waals surface area contributed by atoms with Gasteiger partial charge in [0.2, 0.25) is 5.88 Å². The molecule has 3 aromatic rings. The number of nitrogens with one attached hydrogen (secondary N) is 1. The molecule has 1 aromatic carbocycles. The van der Waals surface area contributed by atoms with Crippen molar-refractivity contribution >= 4 is 27.2 Å². The van der Waals surface area contributed by atoms with E-state index in [2.05, 4.69) is 21.5 Å². The molecule has 1 N–H and O–H groups in total. The zero-order chi connectivity index (χ0) is 14.1. The number of ether oxygens (including phenoxy) is 1. The Morgan fingerprint density at radius 2 is 2.25 bits per heavy atom. The maximum atomic E-state index is 5.40. The third-order valence-corrected chi connectivity index (χ3v) is 4.07. The third kappa shape index (κ3) is 2.22. The van der Waals surface area contributed by atoms with Gasteiger partial charge in [0.25, 0.3) is 0 Å². The minimum atomic E-state index is 0.688. The zero-order valence-corrected chi connectivity index (χ0v) is 12.5. The second-order valence-corrected chi connectivity index (χ2v) is 5.47. The number of hydrogen-bond acceptors (Lipinski definition) is 5. The molecular formula is C14H16N4OS. The molecule has 0 bridgehead atoms. The first kappa shape index (κ1) is 12.9. The summed E-state index contributed by atoms with van der Waals surface area (Å²) in [7, 11) is 3.56. The molecule has 104 valence electrons. The first-order valence-electron chi connectivity index (χ1n) is 6.32. The molecule has 0 saturated heterocycles. The van der Waals surface area contributed by atoms with Gasteiger partial charge in [0.15, 0.2) is 0 Å². The van der Waals surface area contributed by atoms with Crippen LogP contribution in [0.15, 0.2) is 23.7 Å². The fourth-order valence-corrected chi connectivity index (χ4v) is 3.01. The largest absolute Gasteiger partial charge is 0.481 e. The quantitative estimate of drug-likeness (QED) is 0.802. The first-order valence-corrected chi connectivity index (χ1v) is 7.20. The van der Waals surface area contributed by atoms with E-state index in [0.29, 0.717) is 6.54 Å². The summed E-state index contributed by atoms with van der Waals surface area (Å²) in [6, 6.07) is 6.19. The van der Waals surface area contributed by atoms with Crippen LogP contribution < -0.4 is 10.1 Å². The fraction of sp³-hybridized carbons (Fsp3) is 0.286. The minimum Gasteiger partial charge on any atom is -0.481 e. The van der Waals surface area contributed by atoms with Crippen LogP contribution in [0.2, 0.25) is 0 Å². The molecule has 0 saturated carbocycles. The lowest BCUT2D eigenvalue weighted by Gasteiger charge is -2.08. The van der Waals surface area contributed by atoms with Crippen LogP contribution in [0.1, 0.15) is 11.3 Å². The number of aromatic nitrogens is 3. The van der Waals surface area contributed by atoms with E-state index in [1.54, 1.807) is 23.1 Å². The summed E-state index contributed by atoms with van der Waals surface area (Å²) in [6.45, 7) is 2.68. The van der Waals surface area contributed by atoms with Gasteiger partial charge in [0.1, 0.15) is 0 Å². The number of benzene rings is 1. The molecule has 2 heterocycles. The van der Waals surface area contributed by atoms with Crippen LogP contribution in [0.5, 0.6) is 5.88 Å². The van der Waals surface area contributed by atoms with Gasteiger partial charge in [0.05, 0.1) is 34.1 Å². The monoisotopic (exact) mass is 288 g/mol. The van der Waals surface area contributed by atoms with Crippen molar-refractivity contribution in [3.63, 3.8) is 0 Å². The Hall–Kier alpha value is -2.08. The molecular weight excluding hydrogens is 272 g/mol. The molecule has 5 nitrogen and oxygen atoms in total. The Labute approximate surface area is 121 Å². The SMILES string of the molecule is COc1c(CNc2ccc3ncsc3c2)c(C)nn1C. The van der Waals surface area contributed by atoms with E-state index in [-0.39, 0.29) is 0 Å². The van der Waals surface area contributed by atoms with Gasteiger partial charge in [-0.3, -0.25) is 0 Å². The number of anilines is 1. The number of aryl methyl sites for hydroxylation is 2. The molecule has 2 aromatic heterocycles. The van der Waals surface area contributed by atoms with E-state index in [1.807, 2.05) is 31.6 Å². The molecule has 0 aliphatic rings. The van der Waals surface area contributed by atoms with Crippen molar-refractivity contribution in [2.75, 3.05) is 12.4 Å². The maximum Gasteiger partial charge on any atom is 0.216 e. The van der Waals surface area contributed by atoms with Gasteiger partial charge < -0.3 is 10.1 Å². The van der Waals surface area contributed by atoms with Crippen LogP contribution in [-0.4, -0.2) is 21.9 Å². The summed E-state index contributed by atoms with van der Waals surface area (Å²) in [5, 5.41) is 7.80. The van der Waals surface area contributed by atoms with Gasteiger partial charge in [-0.05, 0) is 25.1 Å². The van der Waals surface area contributed by atoms with E-state index in [1.165, 1.54) is 4.70 Å². The molecule has 0 atom stereocenters. The molecule has 0 fully saturated rings. The molecule has 0 aliphatic carbocycles. The van der Waals surface area contributed by atoms with Crippen molar-refractivity contribution < 1.29 is 4.74 Å². The lowest BCUT2D eigenvalue weighted by atomic mass is 10.2. The highest BCUT2D eigenvalue weighted by Crippen LogP contribution is 2.25. The minimum absolute atomic E-state index is 0.688. The highest BCUT2D eigenvalue weighted by Gasteiger charge is 2.13. The Balaban J connectivity index is 1.82. The lowest BCUT2D eigenvalue weighted by molar-refractivity contribution is 0.370. The number of hydrogen-bond donors (Lipinski definition) is 1.